The van der Waals surface area contributed by atoms with Crippen LogP contribution in [0, 0.1) is 6.92 Å². The van der Waals surface area contributed by atoms with Gasteiger partial charge in [0, 0.05) is 27.2 Å². The highest BCUT2D eigenvalue weighted by Crippen LogP contribution is 2.33. The lowest BCUT2D eigenvalue weighted by Crippen LogP contribution is -2.05. The third kappa shape index (κ3) is 5.24. The van der Waals surface area contributed by atoms with Crippen molar-refractivity contribution in [2.45, 2.75) is 49.8 Å². The molecule has 0 aliphatic heterocycles. The Kier molecular flexibility index (Phi) is 7.05. The maximum absolute atomic E-state index is 6.50. The number of rotatable bonds is 7. The van der Waals surface area contributed by atoms with Gasteiger partial charge < -0.3 is 11.1 Å². The average Bonchev–Trinajstić information content (AvgIpc) is 2.73. The molecule has 0 spiro atoms. The van der Waals surface area contributed by atoms with Gasteiger partial charge in [0.05, 0.1) is 5.70 Å². The second-order valence-electron chi connectivity index (χ2n) is 7.54. The topological polar surface area (TPSA) is 38.0 Å². The van der Waals surface area contributed by atoms with E-state index < -0.39 is 0 Å². The summed E-state index contributed by atoms with van der Waals surface area (Å²) in [5.74, 6) is 0.452. The van der Waals surface area contributed by atoms with Crippen LogP contribution in [0.1, 0.15) is 48.9 Å². The first kappa shape index (κ1) is 21.1. The van der Waals surface area contributed by atoms with Gasteiger partial charge in [0.1, 0.15) is 0 Å². The van der Waals surface area contributed by atoms with Crippen LogP contribution in [-0.2, 0) is 6.42 Å². The molecule has 0 atom stereocenters. The van der Waals surface area contributed by atoms with Gasteiger partial charge in [0.15, 0.2) is 0 Å². The molecule has 0 amide bonds. The van der Waals surface area contributed by atoms with Crippen LogP contribution in [0.2, 0.25) is 0 Å². The summed E-state index contributed by atoms with van der Waals surface area (Å²) >= 11 is 1.74. The lowest BCUT2D eigenvalue weighted by atomic mass is 9.94. The summed E-state index contributed by atoms with van der Waals surface area (Å²) in [7, 11) is 0. The quantitative estimate of drug-likeness (QED) is 0.439. The smallest absolute Gasteiger partial charge is 0.0562 e. The van der Waals surface area contributed by atoms with Gasteiger partial charge in [0.2, 0.25) is 0 Å². The van der Waals surface area contributed by atoms with E-state index >= 15 is 0 Å². The average molecular weight is 403 g/mol. The minimum absolute atomic E-state index is 0.452. The maximum atomic E-state index is 6.50. The second-order valence-corrected chi connectivity index (χ2v) is 8.66. The Morgan fingerprint density at radius 1 is 1.00 bits per heavy atom. The van der Waals surface area contributed by atoms with Gasteiger partial charge in [-0.3, -0.25) is 0 Å². The zero-order valence-electron chi connectivity index (χ0n) is 17.7. The molecule has 3 heteroatoms. The molecule has 0 saturated carbocycles. The van der Waals surface area contributed by atoms with Crippen LogP contribution < -0.4 is 11.1 Å². The Balaban J connectivity index is 1.87. The van der Waals surface area contributed by atoms with Crippen LogP contribution in [0.4, 0.5) is 5.69 Å². The van der Waals surface area contributed by atoms with E-state index in [1.54, 1.807) is 11.8 Å². The minimum atomic E-state index is 0.452. The number of hydrogen-bond donors (Lipinski definition) is 2. The Hall–Kier alpha value is -2.65. The number of hydrogen-bond acceptors (Lipinski definition) is 3. The van der Waals surface area contributed by atoms with Gasteiger partial charge in [-0.2, -0.15) is 0 Å². The highest BCUT2D eigenvalue weighted by molar-refractivity contribution is 7.99. The third-order valence-corrected chi connectivity index (χ3v) is 6.07. The first-order valence-corrected chi connectivity index (χ1v) is 11.0. The van der Waals surface area contributed by atoms with Crippen LogP contribution in [0.3, 0.4) is 0 Å². The van der Waals surface area contributed by atoms with Crippen LogP contribution >= 0.6 is 11.8 Å². The van der Waals surface area contributed by atoms with Crippen LogP contribution in [-0.4, -0.2) is 0 Å². The molecule has 3 N–H and O–H groups in total. The predicted octanol–water partition coefficient (Wildman–Crippen LogP) is 7.20. The molecular weight excluding hydrogens is 372 g/mol. The zero-order chi connectivity index (χ0) is 20.8. The number of nitrogens with one attached hydrogen (secondary N) is 1. The third-order valence-electron chi connectivity index (χ3n) is 4.98. The molecule has 3 aromatic rings. The standard InChI is InChI=1S/C26H30N2S/c1-5-20-9-8-11-24(26(20)18(2)3)28-17-23(27)22-10-6-7-12-25(22)29-21-15-13-19(4)14-16-21/h6-18,28H,5,27H2,1-4H3/b23-17-. The molecular formula is C26H30N2S. The van der Waals surface area contributed by atoms with E-state index in [9.17, 15) is 0 Å². The monoisotopic (exact) mass is 402 g/mol. The molecule has 3 rings (SSSR count). The van der Waals surface area contributed by atoms with E-state index in [4.69, 9.17) is 5.73 Å². The van der Waals surface area contributed by atoms with Gasteiger partial charge in [0.25, 0.3) is 0 Å². The van der Waals surface area contributed by atoms with Crippen molar-refractivity contribution in [3.05, 3.63) is 95.2 Å². The van der Waals surface area contributed by atoms with E-state index in [2.05, 4.69) is 93.7 Å². The van der Waals surface area contributed by atoms with Crippen LogP contribution in [0.5, 0.6) is 0 Å². The molecule has 150 valence electrons. The molecule has 0 saturated heterocycles. The van der Waals surface area contributed by atoms with E-state index in [0.717, 1.165) is 28.3 Å². The van der Waals surface area contributed by atoms with E-state index in [-0.39, 0.29) is 0 Å². The zero-order valence-corrected chi connectivity index (χ0v) is 18.5. The summed E-state index contributed by atoms with van der Waals surface area (Å²) in [5.41, 5.74) is 13.4. The molecule has 2 nitrogen and oxygen atoms in total. The van der Waals surface area contributed by atoms with Crippen molar-refractivity contribution < 1.29 is 0 Å². The molecule has 0 fully saturated rings. The Bertz CT molecular complexity index is 988. The highest BCUT2D eigenvalue weighted by atomic mass is 32.2. The van der Waals surface area contributed by atoms with Crippen molar-refractivity contribution in [1.82, 2.24) is 0 Å². The number of nitrogens with two attached hydrogens (primary N) is 1. The maximum Gasteiger partial charge on any atom is 0.0562 e. The Labute approximate surface area is 179 Å². The summed E-state index contributed by atoms with van der Waals surface area (Å²) in [4.78, 5) is 2.36. The molecule has 0 bridgehead atoms. The first-order valence-electron chi connectivity index (χ1n) is 10.2. The van der Waals surface area contributed by atoms with Crippen molar-refractivity contribution in [2.75, 3.05) is 5.32 Å². The molecule has 3 aromatic carbocycles. The summed E-state index contributed by atoms with van der Waals surface area (Å²) < 4.78 is 0. The number of benzene rings is 3. The Morgan fingerprint density at radius 2 is 1.72 bits per heavy atom. The van der Waals surface area contributed by atoms with Crippen molar-refractivity contribution >= 4 is 23.1 Å². The van der Waals surface area contributed by atoms with Gasteiger partial charge in [-0.25, -0.2) is 0 Å². The van der Waals surface area contributed by atoms with E-state index in [1.807, 2.05) is 12.3 Å². The van der Waals surface area contributed by atoms with Crippen LogP contribution in [0.15, 0.2) is 82.7 Å². The van der Waals surface area contributed by atoms with Crippen molar-refractivity contribution in [2.24, 2.45) is 5.73 Å². The summed E-state index contributed by atoms with van der Waals surface area (Å²) in [6.45, 7) is 8.78. The number of anilines is 1. The minimum Gasteiger partial charge on any atom is -0.397 e. The lowest BCUT2D eigenvalue weighted by Gasteiger charge is -2.17. The SMILES string of the molecule is CCc1cccc(N/C=C(\N)c2ccccc2Sc2ccc(C)cc2)c1C(C)C. The molecule has 29 heavy (non-hydrogen) atoms. The van der Waals surface area contributed by atoms with E-state index in [0.29, 0.717) is 5.92 Å². The van der Waals surface area contributed by atoms with Gasteiger partial charge in [-0.15, -0.1) is 0 Å². The van der Waals surface area contributed by atoms with Gasteiger partial charge in [-0.05, 0) is 54.7 Å². The molecule has 0 aliphatic carbocycles. The van der Waals surface area contributed by atoms with Gasteiger partial charge in [-0.1, -0.05) is 80.6 Å². The first-order chi connectivity index (χ1) is 14.0. The van der Waals surface area contributed by atoms with E-state index in [1.165, 1.54) is 21.6 Å². The fourth-order valence-corrected chi connectivity index (χ4v) is 4.46. The Morgan fingerprint density at radius 3 is 2.41 bits per heavy atom. The molecule has 0 aliphatic rings. The second kappa shape index (κ2) is 9.71. The summed E-state index contributed by atoms with van der Waals surface area (Å²) in [6, 6.07) is 23.3. The molecule has 0 radical (unpaired) electrons. The van der Waals surface area contributed by atoms with Crippen molar-refractivity contribution in [3.63, 3.8) is 0 Å². The fourth-order valence-electron chi connectivity index (χ4n) is 3.49. The summed E-state index contributed by atoms with van der Waals surface area (Å²) in [5, 5.41) is 3.47. The highest BCUT2D eigenvalue weighted by Gasteiger charge is 2.11. The molecule has 0 aromatic heterocycles. The molecule has 0 heterocycles. The lowest BCUT2D eigenvalue weighted by molar-refractivity contribution is 0.847. The predicted molar refractivity (Wildman–Crippen MR) is 127 cm³/mol. The van der Waals surface area contributed by atoms with Crippen molar-refractivity contribution in [1.29, 1.82) is 0 Å². The van der Waals surface area contributed by atoms with Crippen LogP contribution in [0.25, 0.3) is 5.70 Å². The summed E-state index contributed by atoms with van der Waals surface area (Å²) in [6.07, 6.45) is 2.95. The van der Waals surface area contributed by atoms with Crippen molar-refractivity contribution in [3.8, 4) is 0 Å². The molecule has 0 unspecified atom stereocenters. The normalized spacial score (nSPS) is 11.7. The fraction of sp³-hybridized carbons (Fsp3) is 0.231. The largest absolute Gasteiger partial charge is 0.397 e. The van der Waals surface area contributed by atoms with Gasteiger partial charge >= 0.3 is 0 Å². The number of aryl methyl sites for hydroxylation is 2.